The Morgan fingerprint density at radius 3 is 1.38 bits per heavy atom. The summed E-state index contributed by atoms with van der Waals surface area (Å²) in [6.45, 7) is 0. The van der Waals surface area contributed by atoms with Gasteiger partial charge in [0.05, 0.1) is 16.7 Å². The molecule has 0 N–H and O–H groups in total. The summed E-state index contributed by atoms with van der Waals surface area (Å²) in [5, 5.41) is 2.44. The molecule has 0 saturated carbocycles. The normalized spacial score (nSPS) is 11.2. The first-order chi connectivity index (χ1) is 24.8. The van der Waals surface area contributed by atoms with E-state index in [9.17, 15) is 0 Å². The van der Waals surface area contributed by atoms with Gasteiger partial charge in [-0.2, -0.15) is 0 Å². The molecule has 0 atom stereocenters. The number of fused-ring (bicyclic) bond motifs is 3. The number of rotatable bonds is 7. The van der Waals surface area contributed by atoms with Gasteiger partial charge >= 0.3 is 0 Å². The van der Waals surface area contributed by atoms with Gasteiger partial charge in [0, 0.05) is 27.8 Å². The third-order valence-corrected chi connectivity index (χ3v) is 9.57. The number of anilines is 3. The van der Waals surface area contributed by atoms with Gasteiger partial charge in [-0.05, 0) is 88.0 Å². The first-order valence-electron chi connectivity index (χ1n) is 17.1. The van der Waals surface area contributed by atoms with Gasteiger partial charge in [0.15, 0.2) is 0 Å². The Morgan fingerprint density at radius 2 is 0.760 bits per heavy atom. The molecule has 2 nitrogen and oxygen atoms in total. The quantitative estimate of drug-likeness (QED) is 0.169. The van der Waals surface area contributed by atoms with E-state index in [2.05, 4.69) is 216 Å². The highest BCUT2D eigenvalue weighted by molar-refractivity contribution is 6.16. The maximum atomic E-state index is 2.43. The predicted octanol–water partition coefficient (Wildman–Crippen LogP) is 13.3. The molecule has 9 aromatic rings. The average molecular weight is 639 g/mol. The fraction of sp³-hybridized carbons (Fsp3) is 0. The van der Waals surface area contributed by atoms with E-state index in [1.54, 1.807) is 0 Å². The molecular weight excluding hydrogens is 605 g/mol. The molecule has 9 rings (SSSR count). The second kappa shape index (κ2) is 12.8. The van der Waals surface area contributed by atoms with E-state index >= 15 is 0 Å². The summed E-state index contributed by atoms with van der Waals surface area (Å²) in [5.74, 6) is 0. The second-order valence-corrected chi connectivity index (χ2v) is 12.6. The molecule has 0 unspecified atom stereocenters. The molecule has 236 valence electrons. The number of aromatic nitrogens is 1. The fourth-order valence-electron chi connectivity index (χ4n) is 7.23. The van der Waals surface area contributed by atoms with Crippen LogP contribution in [0.25, 0.3) is 60.9 Å². The van der Waals surface area contributed by atoms with Crippen LogP contribution < -0.4 is 4.90 Å². The van der Waals surface area contributed by atoms with E-state index in [0.717, 1.165) is 22.7 Å². The van der Waals surface area contributed by atoms with E-state index in [4.69, 9.17) is 0 Å². The molecule has 0 saturated heterocycles. The number of nitrogens with zero attached hydrogens (tertiary/aromatic N) is 2. The molecule has 0 spiro atoms. The predicted molar refractivity (Wildman–Crippen MR) is 212 cm³/mol. The van der Waals surface area contributed by atoms with Crippen LogP contribution in [0, 0.1) is 0 Å². The zero-order chi connectivity index (χ0) is 33.3. The molecule has 0 amide bonds. The van der Waals surface area contributed by atoms with Gasteiger partial charge < -0.3 is 9.47 Å². The van der Waals surface area contributed by atoms with E-state index in [1.807, 2.05) is 0 Å². The van der Waals surface area contributed by atoms with E-state index in [0.29, 0.717) is 0 Å². The first kappa shape index (κ1) is 29.5. The van der Waals surface area contributed by atoms with Crippen molar-refractivity contribution in [3.8, 4) is 39.1 Å². The Labute approximate surface area is 292 Å². The van der Waals surface area contributed by atoms with E-state index < -0.39 is 0 Å². The summed E-state index contributed by atoms with van der Waals surface area (Å²) >= 11 is 0. The minimum absolute atomic E-state index is 1.10. The van der Waals surface area contributed by atoms with Gasteiger partial charge in [-0.1, -0.05) is 152 Å². The Kier molecular flexibility index (Phi) is 7.53. The van der Waals surface area contributed by atoms with Crippen LogP contribution in [-0.2, 0) is 0 Å². The van der Waals surface area contributed by atoms with Crippen LogP contribution in [0.15, 0.2) is 206 Å². The lowest BCUT2D eigenvalue weighted by Crippen LogP contribution is -2.10. The molecule has 0 radical (unpaired) electrons. The molecule has 0 bridgehead atoms. The third kappa shape index (κ3) is 5.34. The molecule has 1 heterocycles. The zero-order valence-electron chi connectivity index (χ0n) is 27.5. The number of hydrogen-bond acceptors (Lipinski definition) is 1. The Hall–Kier alpha value is -6.64. The molecule has 8 aromatic carbocycles. The number of benzene rings is 8. The number of hydrogen-bond donors (Lipinski definition) is 0. The summed E-state index contributed by atoms with van der Waals surface area (Å²) in [6, 6.07) is 74.1. The van der Waals surface area contributed by atoms with Crippen molar-refractivity contribution in [3.05, 3.63) is 206 Å². The maximum absolute atomic E-state index is 2.43. The molecule has 2 heteroatoms. The Balaban J connectivity index is 1.25. The second-order valence-electron chi connectivity index (χ2n) is 12.6. The van der Waals surface area contributed by atoms with Crippen LogP contribution in [0.2, 0.25) is 0 Å². The molecule has 50 heavy (non-hydrogen) atoms. The van der Waals surface area contributed by atoms with Crippen LogP contribution in [0.5, 0.6) is 0 Å². The number of para-hydroxylation sites is 2. The average Bonchev–Trinajstić information content (AvgIpc) is 3.54. The van der Waals surface area contributed by atoms with Gasteiger partial charge in [0.25, 0.3) is 0 Å². The molecule has 0 aliphatic heterocycles. The Morgan fingerprint density at radius 1 is 0.320 bits per heavy atom. The molecular formula is C48H34N2. The van der Waals surface area contributed by atoms with Crippen LogP contribution >= 0.6 is 0 Å². The summed E-state index contributed by atoms with van der Waals surface area (Å²) in [6.07, 6.45) is 0. The standard InChI is InChI=1S/C48H34N2/c1-4-15-35(16-5-1)37-29-31-38(32-30-37)40-20-13-24-43(34-40)49(42-23-12-19-39(33-42)36-17-6-2-7-18-36)46-27-14-28-47-48(46)44-25-10-11-26-45(44)50(47)41-21-8-3-9-22-41/h1-34H. The van der Waals surface area contributed by atoms with Gasteiger partial charge in [-0.3, -0.25) is 0 Å². The smallest absolute Gasteiger partial charge is 0.0562 e. The van der Waals surface area contributed by atoms with Crippen molar-refractivity contribution in [3.63, 3.8) is 0 Å². The molecule has 0 aliphatic carbocycles. The largest absolute Gasteiger partial charge is 0.310 e. The lowest BCUT2D eigenvalue weighted by Gasteiger charge is -2.27. The van der Waals surface area contributed by atoms with Crippen molar-refractivity contribution in [2.45, 2.75) is 0 Å². The van der Waals surface area contributed by atoms with Crippen LogP contribution in [0.3, 0.4) is 0 Å². The zero-order valence-corrected chi connectivity index (χ0v) is 27.5. The van der Waals surface area contributed by atoms with E-state index in [-0.39, 0.29) is 0 Å². The van der Waals surface area contributed by atoms with Gasteiger partial charge in [0.1, 0.15) is 0 Å². The van der Waals surface area contributed by atoms with Gasteiger partial charge in [0.2, 0.25) is 0 Å². The SMILES string of the molecule is c1ccc(-c2ccc(-c3cccc(N(c4cccc(-c5ccccc5)c4)c4cccc5c4c4ccccc4n5-c4ccccc4)c3)cc2)cc1. The highest BCUT2D eigenvalue weighted by Gasteiger charge is 2.21. The van der Waals surface area contributed by atoms with Crippen molar-refractivity contribution in [1.29, 1.82) is 0 Å². The lowest BCUT2D eigenvalue weighted by atomic mass is 9.99. The fourth-order valence-corrected chi connectivity index (χ4v) is 7.23. The minimum Gasteiger partial charge on any atom is -0.310 e. The van der Waals surface area contributed by atoms with Crippen LogP contribution in [-0.4, -0.2) is 4.57 Å². The van der Waals surface area contributed by atoms with Crippen molar-refractivity contribution in [2.24, 2.45) is 0 Å². The van der Waals surface area contributed by atoms with Crippen LogP contribution in [0.4, 0.5) is 17.1 Å². The molecule has 1 aromatic heterocycles. The first-order valence-corrected chi connectivity index (χ1v) is 17.1. The van der Waals surface area contributed by atoms with Crippen LogP contribution in [0.1, 0.15) is 0 Å². The Bertz CT molecular complexity index is 2570. The topological polar surface area (TPSA) is 8.17 Å². The van der Waals surface area contributed by atoms with Crippen molar-refractivity contribution < 1.29 is 0 Å². The van der Waals surface area contributed by atoms with E-state index in [1.165, 1.54) is 55.2 Å². The summed E-state index contributed by atoms with van der Waals surface area (Å²) in [7, 11) is 0. The summed E-state index contributed by atoms with van der Waals surface area (Å²) < 4.78 is 2.39. The van der Waals surface area contributed by atoms with Gasteiger partial charge in [-0.25, -0.2) is 0 Å². The van der Waals surface area contributed by atoms with Crippen molar-refractivity contribution in [1.82, 2.24) is 4.57 Å². The lowest BCUT2D eigenvalue weighted by molar-refractivity contribution is 1.18. The highest BCUT2D eigenvalue weighted by Crippen LogP contribution is 2.45. The van der Waals surface area contributed by atoms with Crippen molar-refractivity contribution in [2.75, 3.05) is 4.90 Å². The summed E-state index contributed by atoms with van der Waals surface area (Å²) in [5.41, 5.74) is 14.0. The maximum Gasteiger partial charge on any atom is 0.0562 e. The van der Waals surface area contributed by atoms with Crippen molar-refractivity contribution >= 4 is 38.9 Å². The highest BCUT2D eigenvalue weighted by atomic mass is 15.1. The molecule has 0 aliphatic rings. The minimum atomic E-state index is 1.10. The monoisotopic (exact) mass is 638 g/mol. The summed E-state index contributed by atoms with van der Waals surface area (Å²) in [4.78, 5) is 2.43. The third-order valence-electron chi connectivity index (χ3n) is 9.57. The molecule has 0 fully saturated rings. The van der Waals surface area contributed by atoms with Gasteiger partial charge in [-0.15, -0.1) is 0 Å².